The predicted octanol–water partition coefficient (Wildman–Crippen LogP) is 0.938. The Morgan fingerprint density at radius 2 is 2.00 bits per heavy atom. The van der Waals surface area contributed by atoms with Crippen molar-refractivity contribution >= 4 is 40.0 Å². The summed E-state index contributed by atoms with van der Waals surface area (Å²) in [6.07, 6.45) is 6.89. The molecule has 1 aliphatic carbocycles. The highest BCUT2D eigenvalue weighted by Gasteiger charge is 2.56. The van der Waals surface area contributed by atoms with Gasteiger partial charge in [-0.1, -0.05) is 6.92 Å². The van der Waals surface area contributed by atoms with Crippen LogP contribution in [0.1, 0.15) is 23.8 Å². The highest BCUT2D eigenvalue weighted by atomic mass is 16.2. The van der Waals surface area contributed by atoms with Crippen molar-refractivity contribution in [2.75, 3.05) is 10.6 Å². The van der Waals surface area contributed by atoms with Crippen LogP contribution in [-0.4, -0.2) is 37.3 Å². The van der Waals surface area contributed by atoms with Gasteiger partial charge in [-0.15, -0.1) is 0 Å². The van der Waals surface area contributed by atoms with E-state index in [9.17, 15) is 9.59 Å². The van der Waals surface area contributed by atoms with Gasteiger partial charge in [-0.05, 0) is 24.5 Å². The third kappa shape index (κ3) is 3.04. The van der Waals surface area contributed by atoms with Gasteiger partial charge in [0, 0.05) is 17.8 Å². The number of hydrogen-bond donors (Lipinski definition) is 4. The summed E-state index contributed by atoms with van der Waals surface area (Å²) in [5, 5.41) is 6.86. The summed E-state index contributed by atoms with van der Waals surface area (Å²) in [6, 6.07) is 3.61. The number of carbonyl (C=O) groups excluding carboxylic acids is 2. The first-order chi connectivity index (χ1) is 13.4. The molecular formula is C18H18N8O2. The maximum atomic E-state index is 11.8. The van der Waals surface area contributed by atoms with Crippen LogP contribution in [0.15, 0.2) is 36.9 Å². The lowest BCUT2D eigenvalue weighted by molar-refractivity contribution is -0.119. The lowest BCUT2D eigenvalue weighted by Crippen LogP contribution is -2.39. The van der Waals surface area contributed by atoms with Gasteiger partial charge in [-0.2, -0.15) is 0 Å². The second kappa shape index (κ2) is 6.41. The zero-order chi connectivity index (χ0) is 19.9. The fraction of sp³-hybridized carbons (Fsp3) is 0.222. The number of nitrogens with zero attached hydrogens (tertiary/aromatic N) is 4. The Morgan fingerprint density at radius 3 is 2.68 bits per heavy atom. The average molecular weight is 378 g/mol. The topological polar surface area (TPSA) is 162 Å². The van der Waals surface area contributed by atoms with Crippen molar-refractivity contribution in [3.05, 3.63) is 42.6 Å². The Morgan fingerprint density at radius 1 is 1.21 bits per heavy atom. The number of pyridine rings is 2. The molecule has 3 aromatic rings. The Hall–Kier alpha value is -3.82. The van der Waals surface area contributed by atoms with Gasteiger partial charge in [0.25, 0.3) is 5.91 Å². The molecule has 1 saturated carbocycles. The maximum absolute atomic E-state index is 11.8. The number of hydrogen-bond acceptors (Lipinski definition) is 8. The summed E-state index contributed by atoms with van der Waals surface area (Å²) in [4.78, 5) is 40.4. The van der Waals surface area contributed by atoms with Crippen LogP contribution in [0.25, 0.3) is 10.9 Å². The second-order valence-corrected chi connectivity index (χ2v) is 6.80. The zero-order valence-corrected chi connectivity index (χ0v) is 15.0. The quantitative estimate of drug-likeness (QED) is 0.492. The third-order valence-corrected chi connectivity index (χ3v) is 4.85. The van der Waals surface area contributed by atoms with Gasteiger partial charge in [-0.25, -0.2) is 9.97 Å². The molecule has 28 heavy (non-hydrogen) atoms. The standard InChI is InChI=1S/C18H18N8O2/c1-9-5-18(9,17(20)28)26-13-8-23-14(15(19)27)16(25-13)24-11-4-10-6-21-3-2-12(10)22-7-11/h2-4,6-9H,5H2,1H3,(H2,19,27)(H2,20,28)(H2,24,25,26). The molecule has 1 fully saturated rings. The molecule has 1 aliphatic rings. The largest absolute Gasteiger partial charge is 0.368 e. The number of carbonyl (C=O) groups is 2. The molecule has 0 saturated heterocycles. The van der Waals surface area contributed by atoms with Crippen molar-refractivity contribution in [1.29, 1.82) is 0 Å². The summed E-state index contributed by atoms with van der Waals surface area (Å²) in [5.74, 6) is -0.652. The number of primary amides is 2. The Bertz CT molecular complexity index is 1100. The molecule has 4 rings (SSSR count). The van der Waals surface area contributed by atoms with Gasteiger partial charge >= 0.3 is 0 Å². The molecule has 2 amide bonds. The molecule has 0 spiro atoms. The van der Waals surface area contributed by atoms with Crippen LogP contribution < -0.4 is 22.1 Å². The van der Waals surface area contributed by atoms with E-state index in [1.165, 1.54) is 6.20 Å². The number of nitrogens with two attached hydrogens (primary N) is 2. The van der Waals surface area contributed by atoms with Crippen LogP contribution in [0.4, 0.5) is 17.3 Å². The molecule has 2 unspecified atom stereocenters. The van der Waals surface area contributed by atoms with Crippen LogP contribution in [-0.2, 0) is 4.79 Å². The molecule has 10 heteroatoms. The minimum absolute atomic E-state index is 0.0335. The van der Waals surface area contributed by atoms with Gasteiger partial charge in [-0.3, -0.25) is 19.6 Å². The summed E-state index contributed by atoms with van der Waals surface area (Å²) in [5.41, 5.74) is 11.4. The fourth-order valence-corrected chi connectivity index (χ4v) is 3.13. The average Bonchev–Trinajstić information content (AvgIpc) is 3.32. The van der Waals surface area contributed by atoms with E-state index in [0.717, 1.165) is 10.9 Å². The number of anilines is 3. The van der Waals surface area contributed by atoms with Crippen molar-refractivity contribution in [2.24, 2.45) is 17.4 Å². The van der Waals surface area contributed by atoms with Gasteiger partial charge in [0.2, 0.25) is 5.91 Å². The summed E-state index contributed by atoms with van der Waals surface area (Å²) in [7, 11) is 0. The summed E-state index contributed by atoms with van der Waals surface area (Å²) in [6.45, 7) is 1.91. The van der Waals surface area contributed by atoms with Gasteiger partial charge in [0.15, 0.2) is 11.5 Å². The molecule has 6 N–H and O–H groups in total. The number of fused-ring (bicyclic) bond motifs is 1. The van der Waals surface area contributed by atoms with Crippen molar-refractivity contribution in [1.82, 2.24) is 19.9 Å². The molecule has 3 heterocycles. The highest BCUT2D eigenvalue weighted by molar-refractivity contribution is 5.97. The first-order valence-electron chi connectivity index (χ1n) is 8.61. The van der Waals surface area contributed by atoms with Crippen LogP contribution >= 0.6 is 0 Å². The van der Waals surface area contributed by atoms with Crippen LogP contribution in [0.2, 0.25) is 0 Å². The fourth-order valence-electron chi connectivity index (χ4n) is 3.13. The maximum Gasteiger partial charge on any atom is 0.271 e. The van der Waals surface area contributed by atoms with Crippen molar-refractivity contribution in [3.8, 4) is 0 Å². The first kappa shape index (κ1) is 17.6. The molecule has 2 atom stereocenters. The monoisotopic (exact) mass is 378 g/mol. The minimum atomic E-state index is -0.851. The molecule has 10 nitrogen and oxygen atoms in total. The van der Waals surface area contributed by atoms with E-state index in [-0.39, 0.29) is 17.4 Å². The normalized spacial score (nSPS) is 20.5. The van der Waals surface area contributed by atoms with Gasteiger partial charge < -0.3 is 22.1 Å². The van der Waals surface area contributed by atoms with E-state index >= 15 is 0 Å². The summed E-state index contributed by atoms with van der Waals surface area (Å²) < 4.78 is 0. The highest BCUT2D eigenvalue weighted by Crippen LogP contribution is 2.45. The molecule has 3 aromatic heterocycles. The molecule has 142 valence electrons. The zero-order valence-electron chi connectivity index (χ0n) is 15.0. The Kier molecular flexibility index (Phi) is 4.03. The lowest BCUT2D eigenvalue weighted by Gasteiger charge is -2.17. The summed E-state index contributed by atoms with van der Waals surface area (Å²) >= 11 is 0. The second-order valence-electron chi connectivity index (χ2n) is 6.80. The smallest absolute Gasteiger partial charge is 0.271 e. The number of rotatable bonds is 6. The molecular weight excluding hydrogens is 360 g/mol. The van der Waals surface area contributed by atoms with Crippen LogP contribution in [0.3, 0.4) is 0 Å². The van der Waals surface area contributed by atoms with Crippen molar-refractivity contribution in [2.45, 2.75) is 18.9 Å². The van der Waals surface area contributed by atoms with Gasteiger partial charge in [0.05, 0.1) is 23.6 Å². The third-order valence-electron chi connectivity index (χ3n) is 4.85. The lowest BCUT2D eigenvalue weighted by atomic mass is 10.2. The predicted molar refractivity (Wildman–Crippen MR) is 103 cm³/mol. The number of amides is 2. The molecule has 0 bridgehead atoms. The van der Waals surface area contributed by atoms with E-state index in [1.807, 2.05) is 13.0 Å². The molecule has 0 radical (unpaired) electrons. The Labute approximate surface area is 159 Å². The van der Waals surface area contributed by atoms with E-state index in [4.69, 9.17) is 11.5 Å². The molecule has 0 aromatic carbocycles. The molecule has 0 aliphatic heterocycles. The Balaban J connectivity index is 1.67. The van der Waals surface area contributed by atoms with E-state index < -0.39 is 17.4 Å². The van der Waals surface area contributed by atoms with Gasteiger partial charge in [0.1, 0.15) is 11.4 Å². The van der Waals surface area contributed by atoms with E-state index in [2.05, 4.69) is 30.6 Å². The van der Waals surface area contributed by atoms with E-state index in [1.54, 1.807) is 24.7 Å². The minimum Gasteiger partial charge on any atom is -0.368 e. The first-order valence-corrected chi connectivity index (χ1v) is 8.61. The van der Waals surface area contributed by atoms with Crippen molar-refractivity contribution < 1.29 is 9.59 Å². The van der Waals surface area contributed by atoms with Crippen molar-refractivity contribution in [3.63, 3.8) is 0 Å². The van der Waals surface area contributed by atoms with E-state index in [0.29, 0.717) is 17.9 Å². The van der Waals surface area contributed by atoms with Crippen LogP contribution in [0, 0.1) is 5.92 Å². The number of nitrogens with one attached hydrogen (secondary N) is 2. The number of aromatic nitrogens is 4. The van der Waals surface area contributed by atoms with Crippen LogP contribution in [0.5, 0.6) is 0 Å². The SMILES string of the molecule is CC1CC1(Nc1cnc(C(N)=O)c(Nc2cnc3ccncc3c2)n1)C(N)=O.